The molecule has 4 rings (SSSR count). The van der Waals surface area contributed by atoms with E-state index in [-0.39, 0.29) is 11.9 Å². The van der Waals surface area contributed by atoms with Gasteiger partial charge in [-0.3, -0.25) is 9.69 Å². The number of aromatic nitrogens is 2. The van der Waals surface area contributed by atoms with Gasteiger partial charge in [-0.25, -0.2) is 4.98 Å². The van der Waals surface area contributed by atoms with Crippen LogP contribution >= 0.6 is 23.1 Å². The lowest BCUT2D eigenvalue weighted by atomic mass is 10.1. The Labute approximate surface area is 186 Å². The van der Waals surface area contributed by atoms with Gasteiger partial charge in [0.15, 0.2) is 0 Å². The molecule has 1 amide bonds. The first-order chi connectivity index (χ1) is 14.7. The lowest BCUT2D eigenvalue weighted by molar-refractivity contribution is -0.122. The highest BCUT2D eigenvalue weighted by molar-refractivity contribution is 7.09. The third-order valence-corrected chi connectivity index (χ3v) is 6.63. The predicted molar refractivity (Wildman–Crippen MR) is 119 cm³/mol. The van der Waals surface area contributed by atoms with E-state index in [4.69, 9.17) is 21.3 Å². The summed E-state index contributed by atoms with van der Waals surface area (Å²) >= 11 is 7.33. The molecule has 1 N–H and O–H groups in total. The van der Waals surface area contributed by atoms with Gasteiger partial charge in [-0.1, -0.05) is 23.7 Å². The summed E-state index contributed by atoms with van der Waals surface area (Å²) in [6.45, 7) is 6.15. The number of hydrogen-bond donors (Lipinski definition) is 1. The van der Waals surface area contributed by atoms with Gasteiger partial charge in [-0.15, -0.1) is 0 Å². The fraction of sp³-hybridized carbons (Fsp3) is 0.571. The van der Waals surface area contributed by atoms with Crippen LogP contribution in [-0.4, -0.2) is 72.1 Å². The molecule has 9 heteroatoms. The quantitative estimate of drug-likeness (QED) is 0.624. The average molecular weight is 450 g/mol. The van der Waals surface area contributed by atoms with E-state index in [9.17, 15) is 4.79 Å². The number of morpholine rings is 1. The number of amides is 1. The Morgan fingerprint density at radius 2 is 2.03 bits per heavy atom. The van der Waals surface area contributed by atoms with Crippen molar-refractivity contribution in [3.63, 3.8) is 0 Å². The first-order valence-electron chi connectivity index (χ1n) is 10.6. The van der Waals surface area contributed by atoms with Crippen molar-refractivity contribution in [3.8, 4) is 0 Å². The van der Waals surface area contributed by atoms with Crippen molar-refractivity contribution in [1.29, 1.82) is 0 Å². The van der Waals surface area contributed by atoms with Crippen molar-refractivity contribution in [2.24, 2.45) is 0 Å². The van der Waals surface area contributed by atoms with Gasteiger partial charge in [0.25, 0.3) is 0 Å². The number of carbonyl (C=O) groups excluding carboxylic acids is 1. The van der Waals surface area contributed by atoms with Crippen LogP contribution in [0.15, 0.2) is 24.3 Å². The lowest BCUT2D eigenvalue weighted by Gasteiger charge is -2.26. The Morgan fingerprint density at radius 1 is 1.23 bits per heavy atom. The second kappa shape index (κ2) is 10.5. The molecular formula is C21H28ClN5O2S. The summed E-state index contributed by atoms with van der Waals surface area (Å²) < 4.78 is 9.88. The SMILES string of the molecule is O=C(NCCCN1CCOCC1)C1CCCN1c1nc(Cc2ccc(Cl)cc2)ns1. The Bertz CT molecular complexity index is 825. The molecule has 7 nitrogen and oxygen atoms in total. The summed E-state index contributed by atoms with van der Waals surface area (Å²) in [6, 6.07) is 7.59. The van der Waals surface area contributed by atoms with E-state index in [0.717, 1.165) is 80.2 Å². The van der Waals surface area contributed by atoms with Crippen molar-refractivity contribution in [3.05, 3.63) is 40.7 Å². The van der Waals surface area contributed by atoms with E-state index in [1.807, 2.05) is 24.3 Å². The van der Waals surface area contributed by atoms with Gasteiger partial charge >= 0.3 is 0 Å². The average Bonchev–Trinajstić information content (AvgIpc) is 3.43. The summed E-state index contributed by atoms with van der Waals surface area (Å²) in [7, 11) is 0. The van der Waals surface area contributed by atoms with Crippen LogP contribution in [0.2, 0.25) is 5.02 Å². The number of nitrogens with zero attached hydrogens (tertiary/aromatic N) is 4. The molecule has 0 saturated carbocycles. The van der Waals surface area contributed by atoms with Crippen molar-refractivity contribution >= 4 is 34.2 Å². The molecule has 1 aromatic heterocycles. The maximum Gasteiger partial charge on any atom is 0.242 e. The van der Waals surface area contributed by atoms with Crippen LogP contribution in [0.3, 0.4) is 0 Å². The minimum absolute atomic E-state index is 0.101. The summed E-state index contributed by atoms with van der Waals surface area (Å²) in [5, 5.41) is 4.68. The maximum atomic E-state index is 12.8. The zero-order valence-electron chi connectivity index (χ0n) is 17.1. The molecule has 0 aliphatic carbocycles. The Hall–Kier alpha value is -1.74. The fourth-order valence-corrected chi connectivity index (χ4v) is 4.83. The van der Waals surface area contributed by atoms with Crippen LogP contribution in [-0.2, 0) is 16.0 Å². The van der Waals surface area contributed by atoms with E-state index in [1.165, 1.54) is 11.5 Å². The minimum atomic E-state index is -0.148. The third kappa shape index (κ3) is 5.69. The molecule has 2 fully saturated rings. The Kier molecular flexibility index (Phi) is 7.54. The highest BCUT2D eigenvalue weighted by atomic mass is 35.5. The molecule has 2 aliphatic rings. The van der Waals surface area contributed by atoms with Crippen LogP contribution in [0.25, 0.3) is 0 Å². The number of hydrogen-bond acceptors (Lipinski definition) is 7. The second-order valence-electron chi connectivity index (χ2n) is 7.75. The van der Waals surface area contributed by atoms with Gasteiger partial charge in [0.1, 0.15) is 11.9 Å². The normalized spacial score (nSPS) is 19.9. The summed E-state index contributed by atoms with van der Waals surface area (Å²) in [4.78, 5) is 22.0. The first-order valence-corrected chi connectivity index (χ1v) is 11.8. The van der Waals surface area contributed by atoms with E-state index in [2.05, 4.69) is 19.5 Å². The summed E-state index contributed by atoms with van der Waals surface area (Å²) in [6.07, 6.45) is 3.49. The first kappa shape index (κ1) is 21.5. The van der Waals surface area contributed by atoms with Gasteiger partial charge in [0.05, 0.1) is 13.2 Å². The topological polar surface area (TPSA) is 70.6 Å². The van der Waals surface area contributed by atoms with Crippen LogP contribution in [0.4, 0.5) is 5.13 Å². The number of benzene rings is 1. The minimum Gasteiger partial charge on any atom is -0.379 e. The van der Waals surface area contributed by atoms with Gasteiger partial charge in [0.2, 0.25) is 11.0 Å². The van der Waals surface area contributed by atoms with Crippen molar-refractivity contribution in [2.45, 2.75) is 31.7 Å². The predicted octanol–water partition coefficient (Wildman–Crippen LogP) is 2.59. The molecule has 2 aliphatic heterocycles. The molecule has 1 aromatic carbocycles. The second-order valence-corrected chi connectivity index (χ2v) is 8.91. The molecule has 1 unspecified atom stereocenters. The Morgan fingerprint density at radius 3 is 2.83 bits per heavy atom. The third-order valence-electron chi connectivity index (χ3n) is 5.59. The van der Waals surface area contributed by atoms with Crippen molar-refractivity contribution in [2.75, 3.05) is 50.8 Å². The molecule has 0 bridgehead atoms. The molecule has 0 spiro atoms. The number of nitrogens with one attached hydrogen (secondary N) is 1. The molecular weight excluding hydrogens is 422 g/mol. The molecule has 2 saturated heterocycles. The number of ether oxygens (including phenoxy) is 1. The van der Waals surface area contributed by atoms with Gasteiger partial charge in [-0.05, 0) is 43.5 Å². The molecule has 0 radical (unpaired) electrons. The van der Waals surface area contributed by atoms with E-state index < -0.39 is 0 Å². The number of carbonyl (C=O) groups is 1. The van der Waals surface area contributed by atoms with Gasteiger partial charge in [-0.2, -0.15) is 4.37 Å². The molecule has 162 valence electrons. The lowest BCUT2D eigenvalue weighted by Crippen LogP contribution is -2.44. The standard InChI is InChI=1S/C21H28ClN5O2S/c22-17-6-4-16(5-7-17)15-19-24-21(30-25-19)27-10-1-3-18(27)20(28)23-8-2-9-26-11-13-29-14-12-26/h4-7,18H,1-3,8-15H2,(H,23,28). The smallest absolute Gasteiger partial charge is 0.242 e. The fourth-order valence-electron chi connectivity index (χ4n) is 3.94. The largest absolute Gasteiger partial charge is 0.379 e. The van der Waals surface area contributed by atoms with Crippen LogP contribution in [0.1, 0.15) is 30.7 Å². The number of rotatable bonds is 8. The van der Waals surface area contributed by atoms with Crippen molar-refractivity contribution < 1.29 is 9.53 Å². The number of halogens is 1. The van der Waals surface area contributed by atoms with E-state index in [0.29, 0.717) is 13.0 Å². The monoisotopic (exact) mass is 449 g/mol. The van der Waals surface area contributed by atoms with Gasteiger partial charge < -0.3 is 15.0 Å². The van der Waals surface area contributed by atoms with E-state index >= 15 is 0 Å². The van der Waals surface area contributed by atoms with E-state index in [1.54, 1.807) is 0 Å². The van der Waals surface area contributed by atoms with Crippen LogP contribution < -0.4 is 10.2 Å². The molecule has 30 heavy (non-hydrogen) atoms. The zero-order chi connectivity index (χ0) is 20.8. The number of anilines is 1. The highest BCUT2D eigenvalue weighted by Crippen LogP contribution is 2.28. The molecule has 3 heterocycles. The Balaban J connectivity index is 1.27. The van der Waals surface area contributed by atoms with Crippen molar-refractivity contribution in [1.82, 2.24) is 19.6 Å². The molecule has 1 atom stereocenters. The summed E-state index contributed by atoms with van der Waals surface area (Å²) in [5.41, 5.74) is 1.12. The van der Waals surface area contributed by atoms with Gasteiger partial charge in [0, 0.05) is 49.2 Å². The summed E-state index contributed by atoms with van der Waals surface area (Å²) in [5.74, 6) is 0.887. The highest BCUT2D eigenvalue weighted by Gasteiger charge is 2.32. The zero-order valence-corrected chi connectivity index (χ0v) is 18.6. The van der Waals surface area contributed by atoms with Crippen LogP contribution in [0, 0.1) is 0 Å². The maximum absolute atomic E-state index is 12.8. The molecule has 2 aromatic rings. The van der Waals surface area contributed by atoms with Crippen LogP contribution in [0.5, 0.6) is 0 Å².